The molecule has 0 bridgehead atoms. The van der Waals surface area contributed by atoms with Gasteiger partial charge in [0.05, 0.1) is 4.90 Å². The van der Waals surface area contributed by atoms with Gasteiger partial charge >= 0.3 is 5.97 Å². The van der Waals surface area contributed by atoms with E-state index >= 15 is 0 Å². The second-order valence-electron chi connectivity index (χ2n) is 6.15. The highest BCUT2D eigenvalue weighted by atomic mass is 32.2. The first-order valence-electron chi connectivity index (χ1n) is 7.69. The van der Waals surface area contributed by atoms with E-state index in [0.717, 1.165) is 21.0 Å². The summed E-state index contributed by atoms with van der Waals surface area (Å²) in [7, 11) is -3.90. The van der Waals surface area contributed by atoms with Crippen LogP contribution in [0.2, 0.25) is 0 Å². The van der Waals surface area contributed by atoms with Gasteiger partial charge in [-0.3, -0.25) is 4.79 Å². The molecule has 0 amide bonds. The average Bonchev–Trinajstić information content (AvgIpc) is 2.55. The van der Waals surface area contributed by atoms with Gasteiger partial charge in [-0.25, -0.2) is 8.42 Å². The van der Waals surface area contributed by atoms with Gasteiger partial charge in [-0.2, -0.15) is 4.31 Å². The molecule has 1 aliphatic rings. The number of nitrogens with zero attached hydrogens (tertiary/aromatic N) is 1. The third-order valence-corrected chi connectivity index (χ3v) is 6.42. The van der Waals surface area contributed by atoms with E-state index in [2.05, 4.69) is 0 Å². The third-order valence-electron chi connectivity index (χ3n) is 4.42. The Kier molecular flexibility index (Phi) is 4.19. The molecule has 2 aromatic rings. The van der Waals surface area contributed by atoms with Crippen LogP contribution in [0.1, 0.15) is 22.3 Å². The molecule has 0 unspecified atom stereocenters. The maximum absolute atomic E-state index is 13.1. The van der Waals surface area contributed by atoms with Crippen LogP contribution in [-0.2, 0) is 27.8 Å². The molecule has 0 spiro atoms. The molecule has 1 atom stereocenters. The Morgan fingerprint density at radius 2 is 1.79 bits per heavy atom. The van der Waals surface area contributed by atoms with Gasteiger partial charge in [-0.1, -0.05) is 36.4 Å². The van der Waals surface area contributed by atoms with E-state index < -0.39 is 22.0 Å². The van der Waals surface area contributed by atoms with Gasteiger partial charge in [0.15, 0.2) is 0 Å². The molecule has 0 radical (unpaired) electrons. The summed E-state index contributed by atoms with van der Waals surface area (Å²) in [6.07, 6.45) is 0.176. The number of benzene rings is 2. The van der Waals surface area contributed by atoms with E-state index in [9.17, 15) is 18.3 Å². The van der Waals surface area contributed by atoms with Crippen LogP contribution >= 0.6 is 0 Å². The first-order chi connectivity index (χ1) is 11.3. The predicted molar refractivity (Wildman–Crippen MR) is 90.2 cm³/mol. The number of fused-ring (bicyclic) bond motifs is 1. The van der Waals surface area contributed by atoms with E-state index in [1.807, 2.05) is 37.3 Å². The topological polar surface area (TPSA) is 74.7 Å². The molecule has 1 aliphatic heterocycles. The van der Waals surface area contributed by atoms with Crippen molar-refractivity contribution in [3.8, 4) is 0 Å². The molecule has 0 saturated carbocycles. The first-order valence-corrected chi connectivity index (χ1v) is 9.13. The highest BCUT2D eigenvalue weighted by Gasteiger charge is 2.40. The van der Waals surface area contributed by atoms with Crippen molar-refractivity contribution in [3.05, 3.63) is 64.7 Å². The Morgan fingerprint density at radius 3 is 2.46 bits per heavy atom. The molecule has 2 aromatic carbocycles. The lowest BCUT2D eigenvalue weighted by Crippen LogP contribution is -2.48. The van der Waals surface area contributed by atoms with Gasteiger partial charge in [-0.15, -0.1) is 0 Å². The number of carboxylic acid groups (broad SMARTS) is 1. The maximum atomic E-state index is 13.1. The third kappa shape index (κ3) is 2.83. The number of hydrogen-bond acceptors (Lipinski definition) is 3. The summed E-state index contributed by atoms with van der Waals surface area (Å²) in [6, 6.07) is 11.5. The Labute approximate surface area is 141 Å². The summed E-state index contributed by atoms with van der Waals surface area (Å²) in [5, 5.41) is 9.56. The van der Waals surface area contributed by atoms with Crippen LogP contribution in [0.4, 0.5) is 0 Å². The summed E-state index contributed by atoms with van der Waals surface area (Å²) in [6.45, 7) is 3.61. The molecule has 0 aliphatic carbocycles. The van der Waals surface area contributed by atoms with Crippen molar-refractivity contribution in [2.45, 2.75) is 37.8 Å². The standard InChI is InChI=1S/C18H19NO4S/c1-12-7-8-13(2)17(9-12)24(22,23)19-11-15-6-4-3-5-14(15)10-16(19)18(20)21/h3-9,16H,10-11H2,1-2H3,(H,20,21)/t16-/m1/s1. The Bertz CT molecular complexity index is 905. The SMILES string of the molecule is Cc1ccc(C)c(S(=O)(=O)N2Cc3ccccc3C[C@@H]2C(=O)O)c1. The molecule has 0 aromatic heterocycles. The van der Waals surface area contributed by atoms with Crippen LogP contribution in [0.25, 0.3) is 0 Å². The van der Waals surface area contributed by atoms with E-state index in [1.165, 1.54) is 0 Å². The monoisotopic (exact) mass is 345 g/mol. The van der Waals surface area contributed by atoms with Crippen molar-refractivity contribution in [2.75, 3.05) is 0 Å². The Hall–Kier alpha value is -2.18. The van der Waals surface area contributed by atoms with Crippen molar-refractivity contribution in [2.24, 2.45) is 0 Å². The number of rotatable bonds is 3. The van der Waals surface area contributed by atoms with Crippen molar-refractivity contribution in [3.63, 3.8) is 0 Å². The van der Waals surface area contributed by atoms with Crippen molar-refractivity contribution in [1.82, 2.24) is 4.31 Å². The molecule has 1 N–H and O–H groups in total. The average molecular weight is 345 g/mol. The lowest BCUT2D eigenvalue weighted by atomic mass is 9.96. The molecule has 126 valence electrons. The Morgan fingerprint density at radius 1 is 1.12 bits per heavy atom. The van der Waals surface area contributed by atoms with Crippen LogP contribution in [0.3, 0.4) is 0 Å². The molecular formula is C18H19NO4S. The zero-order valence-corrected chi connectivity index (χ0v) is 14.4. The second kappa shape index (κ2) is 6.03. The molecule has 0 saturated heterocycles. The van der Waals surface area contributed by atoms with E-state index in [1.54, 1.807) is 19.1 Å². The summed E-state index contributed by atoms with van der Waals surface area (Å²) in [4.78, 5) is 11.9. The van der Waals surface area contributed by atoms with Gasteiger partial charge in [0.1, 0.15) is 6.04 Å². The van der Waals surface area contributed by atoms with Crippen molar-refractivity contribution in [1.29, 1.82) is 0 Å². The molecule has 6 heteroatoms. The normalized spacial score (nSPS) is 18.2. The molecule has 3 rings (SSSR count). The van der Waals surface area contributed by atoms with Gasteiger partial charge in [0.25, 0.3) is 0 Å². The van der Waals surface area contributed by atoms with Crippen LogP contribution in [0, 0.1) is 13.8 Å². The largest absolute Gasteiger partial charge is 0.480 e. The van der Waals surface area contributed by atoms with E-state index in [-0.39, 0.29) is 17.9 Å². The summed E-state index contributed by atoms with van der Waals surface area (Å²) < 4.78 is 27.4. The van der Waals surface area contributed by atoms with Gasteiger partial charge in [0, 0.05) is 13.0 Å². The minimum atomic E-state index is -3.90. The molecule has 1 heterocycles. The summed E-state index contributed by atoms with van der Waals surface area (Å²) in [5.74, 6) is -1.13. The number of aryl methyl sites for hydroxylation is 2. The lowest BCUT2D eigenvalue weighted by molar-refractivity contribution is -0.141. The van der Waals surface area contributed by atoms with Crippen molar-refractivity contribution >= 4 is 16.0 Å². The minimum absolute atomic E-state index is 0.0723. The maximum Gasteiger partial charge on any atom is 0.322 e. The second-order valence-corrected chi connectivity index (χ2v) is 8.01. The zero-order chi connectivity index (χ0) is 17.5. The van der Waals surface area contributed by atoms with Gasteiger partial charge < -0.3 is 5.11 Å². The highest BCUT2D eigenvalue weighted by Crippen LogP contribution is 2.30. The fourth-order valence-electron chi connectivity index (χ4n) is 3.07. The number of hydrogen-bond donors (Lipinski definition) is 1. The quantitative estimate of drug-likeness (QED) is 0.927. The fourth-order valence-corrected chi connectivity index (χ4v) is 4.94. The molecule has 24 heavy (non-hydrogen) atoms. The zero-order valence-electron chi connectivity index (χ0n) is 13.6. The number of carboxylic acids is 1. The molecule has 5 nitrogen and oxygen atoms in total. The molecule has 0 fully saturated rings. The molecular weight excluding hydrogens is 326 g/mol. The smallest absolute Gasteiger partial charge is 0.322 e. The lowest BCUT2D eigenvalue weighted by Gasteiger charge is -2.33. The minimum Gasteiger partial charge on any atom is -0.480 e. The van der Waals surface area contributed by atoms with Crippen LogP contribution in [0.15, 0.2) is 47.4 Å². The number of sulfonamides is 1. The highest BCUT2D eigenvalue weighted by molar-refractivity contribution is 7.89. The van der Waals surface area contributed by atoms with Crippen LogP contribution < -0.4 is 0 Å². The Balaban J connectivity index is 2.11. The van der Waals surface area contributed by atoms with Gasteiger partial charge in [0.2, 0.25) is 10.0 Å². The summed E-state index contributed by atoms with van der Waals surface area (Å²) in [5.41, 5.74) is 3.17. The van der Waals surface area contributed by atoms with E-state index in [0.29, 0.717) is 5.56 Å². The predicted octanol–water partition coefficient (Wildman–Crippen LogP) is 2.50. The summed E-state index contributed by atoms with van der Waals surface area (Å²) >= 11 is 0. The van der Waals surface area contributed by atoms with Crippen molar-refractivity contribution < 1.29 is 18.3 Å². The number of aliphatic carboxylic acids is 1. The van der Waals surface area contributed by atoms with Gasteiger partial charge in [-0.05, 0) is 42.2 Å². The number of carbonyl (C=O) groups is 1. The van der Waals surface area contributed by atoms with E-state index in [4.69, 9.17) is 0 Å². The van der Waals surface area contributed by atoms with Crippen LogP contribution in [0.5, 0.6) is 0 Å². The first kappa shape index (κ1) is 16.7. The van der Waals surface area contributed by atoms with Crippen LogP contribution in [-0.4, -0.2) is 29.8 Å². The fraction of sp³-hybridized carbons (Fsp3) is 0.278.